The summed E-state index contributed by atoms with van der Waals surface area (Å²) >= 11 is 0. The van der Waals surface area contributed by atoms with Gasteiger partial charge < -0.3 is 15.8 Å². The van der Waals surface area contributed by atoms with E-state index in [0.717, 1.165) is 22.0 Å². The van der Waals surface area contributed by atoms with Gasteiger partial charge in [0.2, 0.25) is 0 Å². The number of benzene rings is 4. The summed E-state index contributed by atoms with van der Waals surface area (Å²) in [5.41, 5.74) is 11.0. The van der Waals surface area contributed by atoms with Crippen molar-refractivity contribution in [1.82, 2.24) is 9.78 Å². The first kappa shape index (κ1) is 23.6. The van der Waals surface area contributed by atoms with Gasteiger partial charge in [-0.1, -0.05) is 54.6 Å². The Kier molecular flexibility index (Phi) is 6.80. The van der Waals surface area contributed by atoms with Crippen molar-refractivity contribution >= 4 is 40.0 Å². The molecule has 5 aromatic rings. The van der Waals surface area contributed by atoms with E-state index >= 15 is 0 Å². The summed E-state index contributed by atoms with van der Waals surface area (Å²) in [6.45, 7) is 0.733. The van der Waals surface area contributed by atoms with E-state index in [-0.39, 0.29) is 12.5 Å². The first-order chi connectivity index (χ1) is 18.0. The molecule has 0 aliphatic heterocycles. The second kappa shape index (κ2) is 10.7. The lowest BCUT2D eigenvalue weighted by atomic mass is 10.1. The number of hydrogen-bond acceptors (Lipinski definition) is 5. The molecule has 1 aromatic heterocycles. The van der Waals surface area contributed by atoms with Crippen molar-refractivity contribution in [2.75, 3.05) is 16.4 Å². The molecule has 0 bridgehead atoms. The smallest absolute Gasteiger partial charge is 0.411 e. The fourth-order valence-electron chi connectivity index (χ4n) is 3.91. The SMILES string of the molecule is Nc1ccccc1NC(=O)c1ccc(Cn2ncc3cc(NC(=O)OCc4ccccc4)ccc32)cc1. The summed E-state index contributed by atoms with van der Waals surface area (Å²) in [5.74, 6) is -0.226. The third-order valence-electron chi connectivity index (χ3n) is 5.86. The average molecular weight is 492 g/mol. The molecule has 184 valence electrons. The Morgan fingerprint density at radius 1 is 0.838 bits per heavy atom. The molecule has 0 radical (unpaired) electrons. The monoisotopic (exact) mass is 491 g/mol. The normalized spacial score (nSPS) is 10.7. The summed E-state index contributed by atoms with van der Waals surface area (Å²) in [7, 11) is 0. The summed E-state index contributed by atoms with van der Waals surface area (Å²) < 4.78 is 7.16. The van der Waals surface area contributed by atoms with Crippen molar-refractivity contribution in [3.05, 3.63) is 120 Å². The molecule has 37 heavy (non-hydrogen) atoms. The van der Waals surface area contributed by atoms with Crippen LogP contribution in [0.15, 0.2) is 103 Å². The molecule has 1 heterocycles. The lowest BCUT2D eigenvalue weighted by Gasteiger charge is -2.09. The quantitative estimate of drug-likeness (QED) is 0.254. The number of aromatic nitrogens is 2. The molecule has 8 nitrogen and oxygen atoms in total. The number of fused-ring (bicyclic) bond motifs is 1. The van der Waals surface area contributed by atoms with E-state index < -0.39 is 6.09 Å². The van der Waals surface area contributed by atoms with Crippen molar-refractivity contribution in [3.63, 3.8) is 0 Å². The van der Waals surface area contributed by atoms with Crippen LogP contribution in [0.2, 0.25) is 0 Å². The zero-order chi connectivity index (χ0) is 25.6. The van der Waals surface area contributed by atoms with E-state index in [2.05, 4.69) is 15.7 Å². The van der Waals surface area contributed by atoms with Crippen LogP contribution in [0, 0.1) is 0 Å². The van der Waals surface area contributed by atoms with Gasteiger partial charge in [0.05, 0.1) is 29.6 Å². The van der Waals surface area contributed by atoms with E-state index in [0.29, 0.717) is 29.2 Å². The van der Waals surface area contributed by atoms with Gasteiger partial charge >= 0.3 is 6.09 Å². The van der Waals surface area contributed by atoms with Crippen LogP contribution < -0.4 is 16.4 Å². The highest BCUT2D eigenvalue weighted by atomic mass is 16.5. The van der Waals surface area contributed by atoms with E-state index in [1.54, 1.807) is 30.5 Å². The number of nitrogens with one attached hydrogen (secondary N) is 2. The predicted octanol–water partition coefficient (Wildman–Crippen LogP) is 5.67. The number of nitrogens with zero attached hydrogens (tertiary/aromatic N) is 2. The Hall–Kier alpha value is -5.11. The number of para-hydroxylation sites is 2. The highest BCUT2D eigenvalue weighted by molar-refractivity contribution is 6.05. The van der Waals surface area contributed by atoms with Gasteiger partial charge in [0.1, 0.15) is 6.61 Å². The topological polar surface area (TPSA) is 111 Å². The second-order valence-corrected chi connectivity index (χ2v) is 8.50. The highest BCUT2D eigenvalue weighted by Crippen LogP contribution is 2.21. The number of amides is 2. The highest BCUT2D eigenvalue weighted by Gasteiger charge is 2.10. The van der Waals surface area contributed by atoms with Crippen LogP contribution in [-0.2, 0) is 17.9 Å². The Bertz CT molecular complexity index is 1550. The van der Waals surface area contributed by atoms with E-state index in [9.17, 15) is 9.59 Å². The molecule has 4 N–H and O–H groups in total. The molecule has 0 aliphatic rings. The first-order valence-corrected chi connectivity index (χ1v) is 11.7. The molecule has 0 aliphatic carbocycles. The Labute approximate surface area is 213 Å². The van der Waals surface area contributed by atoms with Gasteiger partial charge in [-0.2, -0.15) is 5.10 Å². The fourth-order valence-corrected chi connectivity index (χ4v) is 3.91. The number of rotatable bonds is 7. The van der Waals surface area contributed by atoms with Gasteiger partial charge in [0.25, 0.3) is 5.91 Å². The Morgan fingerprint density at radius 2 is 1.59 bits per heavy atom. The lowest BCUT2D eigenvalue weighted by molar-refractivity contribution is 0.102. The van der Waals surface area contributed by atoms with Crippen molar-refractivity contribution < 1.29 is 14.3 Å². The fraction of sp³-hybridized carbons (Fsp3) is 0.0690. The number of nitrogens with two attached hydrogens (primary N) is 1. The maximum Gasteiger partial charge on any atom is 0.411 e. The summed E-state index contributed by atoms with van der Waals surface area (Å²) in [6, 6.07) is 29.6. The molecular formula is C29H25N5O3. The number of ether oxygens (including phenoxy) is 1. The van der Waals surface area contributed by atoms with Crippen LogP contribution in [0.4, 0.5) is 21.9 Å². The van der Waals surface area contributed by atoms with E-state index in [1.807, 2.05) is 77.5 Å². The minimum atomic E-state index is -0.519. The molecule has 0 atom stereocenters. The number of carbonyl (C=O) groups excluding carboxylic acids is 2. The Balaban J connectivity index is 1.20. The molecular weight excluding hydrogens is 466 g/mol. The average Bonchev–Trinajstić information content (AvgIpc) is 3.31. The standard InChI is InChI=1S/C29H25N5O3/c30-25-8-4-5-9-26(25)33-28(35)22-12-10-20(11-13-22)18-34-27-15-14-24(16-23(27)17-31-34)32-29(36)37-19-21-6-2-1-3-7-21/h1-17H,18-19,30H2,(H,32,36)(H,33,35). The molecule has 4 aromatic carbocycles. The van der Waals surface area contributed by atoms with Crippen LogP contribution in [0.3, 0.4) is 0 Å². The minimum Gasteiger partial charge on any atom is -0.444 e. The summed E-state index contributed by atoms with van der Waals surface area (Å²) in [6.07, 6.45) is 1.23. The number of hydrogen-bond donors (Lipinski definition) is 3. The van der Waals surface area contributed by atoms with Gasteiger partial charge in [-0.15, -0.1) is 0 Å². The van der Waals surface area contributed by atoms with Crippen molar-refractivity contribution in [3.8, 4) is 0 Å². The van der Waals surface area contributed by atoms with Crippen LogP contribution in [0.1, 0.15) is 21.5 Å². The summed E-state index contributed by atoms with van der Waals surface area (Å²) in [4.78, 5) is 24.7. The maximum atomic E-state index is 12.6. The van der Waals surface area contributed by atoms with Crippen molar-refractivity contribution in [1.29, 1.82) is 0 Å². The second-order valence-electron chi connectivity index (χ2n) is 8.50. The van der Waals surface area contributed by atoms with E-state index in [1.165, 1.54) is 0 Å². The van der Waals surface area contributed by atoms with Gasteiger partial charge in [-0.25, -0.2) is 4.79 Å². The van der Waals surface area contributed by atoms with E-state index in [4.69, 9.17) is 10.5 Å². The third-order valence-corrected chi connectivity index (χ3v) is 5.86. The van der Waals surface area contributed by atoms with Crippen LogP contribution in [0.5, 0.6) is 0 Å². The number of carbonyl (C=O) groups is 2. The molecule has 0 unspecified atom stereocenters. The van der Waals surface area contributed by atoms with Gasteiger partial charge in [0, 0.05) is 16.6 Å². The lowest BCUT2D eigenvalue weighted by Crippen LogP contribution is -2.13. The first-order valence-electron chi connectivity index (χ1n) is 11.7. The zero-order valence-electron chi connectivity index (χ0n) is 19.9. The predicted molar refractivity (Wildman–Crippen MR) is 144 cm³/mol. The van der Waals surface area contributed by atoms with Crippen LogP contribution in [-0.4, -0.2) is 21.8 Å². The van der Waals surface area contributed by atoms with Gasteiger partial charge in [-0.05, 0) is 53.6 Å². The van der Waals surface area contributed by atoms with Crippen LogP contribution in [0.25, 0.3) is 10.9 Å². The molecule has 0 fully saturated rings. The molecule has 5 rings (SSSR count). The number of nitrogen functional groups attached to an aromatic ring is 1. The molecule has 8 heteroatoms. The minimum absolute atomic E-state index is 0.202. The molecule has 0 saturated carbocycles. The molecule has 0 saturated heterocycles. The maximum absolute atomic E-state index is 12.6. The van der Waals surface area contributed by atoms with Crippen molar-refractivity contribution in [2.24, 2.45) is 0 Å². The largest absolute Gasteiger partial charge is 0.444 e. The third kappa shape index (κ3) is 5.76. The van der Waals surface area contributed by atoms with Gasteiger partial charge in [-0.3, -0.25) is 14.8 Å². The van der Waals surface area contributed by atoms with Gasteiger partial charge in [0.15, 0.2) is 0 Å². The molecule has 0 spiro atoms. The molecule has 2 amide bonds. The summed E-state index contributed by atoms with van der Waals surface area (Å²) in [5, 5.41) is 11.0. The number of anilines is 3. The van der Waals surface area contributed by atoms with Crippen LogP contribution >= 0.6 is 0 Å². The Morgan fingerprint density at radius 3 is 2.38 bits per heavy atom. The zero-order valence-corrected chi connectivity index (χ0v) is 19.9. The van der Waals surface area contributed by atoms with Crippen molar-refractivity contribution in [2.45, 2.75) is 13.2 Å².